The molecule has 0 bridgehead atoms. The fourth-order valence-corrected chi connectivity index (χ4v) is 4.48. The smallest absolute Gasteiger partial charge is 0.249 e. The van der Waals surface area contributed by atoms with Crippen LogP contribution in [0.1, 0.15) is 49.6 Å². The van der Waals surface area contributed by atoms with Gasteiger partial charge in [-0.3, -0.25) is 9.59 Å². The molecule has 2 amide bonds. The Morgan fingerprint density at radius 2 is 1.82 bits per heavy atom. The molecule has 2 fully saturated rings. The van der Waals surface area contributed by atoms with Crippen LogP contribution in [0.15, 0.2) is 65.2 Å². The van der Waals surface area contributed by atoms with Gasteiger partial charge in [0.2, 0.25) is 23.5 Å². The number of carbonyl (C=O) groups is 2. The molecule has 1 aromatic heterocycles. The van der Waals surface area contributed by atoms with Crippen molar-refractivity contribution in [1.29, 1.82) is 0 Å². The summed E-state index contributed by atoms with van der Waals surface area (Å²) in [4.78, 5) is 33.2. The van der Waals surface area contributed by atoms with Crippen LogP contribution >= 0.6 is 0 Å². The third kappa shape index (κ3) is 4.58. The highest BCUT2D eigenvalue weighted by molar-refractivity contribution is 5.95. The van der Waals surface area contributed by atoms with Crippen molar-refractivity contribution < 1.29 is 14.1 Å². The fourth-order valence-electron chi connectivity index (χ4n) is 4.48. The SMILES string of the molecule is O=C1CCCN1c1ccc(/C=C\C(=O)N2CCCC[C@@H]2c2nc(-c3ccccc3)no2)cc1. The second-order valence-electron chi connectivity index (χ2n) is 8.44. The molecule has 2 saturated heterocycles. The van der Waals surface area contributed by atoms with E-state index in [0.29, 0.717) is 24.7 Å². The molecule has 2 aliphatic heterocycles. The summed E-state index contributed by atoms with van der Waals surface area (Å²) in [5.41, 5.74) is 2.71. The zero-order valence-corrected chi connectivity index (χ0v) is 18.4. The average Bonchev–Trinajstić information content (AvgIpc) is 3.53. The molecule has 5 rings (SSSR count). The van der Waals surface area contributed by atoms with Crippen LogP contribution in [0, 0.1) is 0 Å². The normalized spacial score (nSPS) is 18.9. The van der Waals surface area contributed by atoms with Gasteiger partial charge in [0.05, 0.1) is 0 Å². The van der Waals surface area contributed by atoms with Crippen molar-refractivity contribution in [3.63, 3.8) is 0 Å². The first kappa shape index (κ1) is 21.1. The largest absolute Gasteiger partial charge is 0.337 e. The van der Waals surface area contributed by atoms with Crippen molar-refractivity contribution in [2.75, 3.05) is 18.0 Å². The highest BCUT2D eigenvalue weighted by atomic mass is 16.5. The summed E-state index contributed by atoms with van der Waals surface area (Å²) in [6.45, 7) is 1.43. The molecule has 33 heavy (non-hydrogen) atoms. The maximum Gasteiger partial charge on any atom is 0.249 e. The van der Waals surface area contributed by atoms with E-state index in [4.69, 9.17) is 4.52 Å². The molecular formula is C26H26N4O3. The van der Waals surface area contributed by atoms with Gasteiger partial charge in [0.1, 0.15) is 6.04 Å². The van der Waals surface area contributed by atoms with Gasteiger partial charge in [0.15, 0.2) is 0 Å². The summed E-state index contributed by atoms with van der Waals surface area (Å²) in [7, 11) is 0. The zero-order chi connectivity index (χ0) is 22.6. The molecule has 0 unspecified atom stereocenters. The summed E-state index contributed by atoms with van der Waals surface area (Å²) in [5.74, 6) is 1.12. The molecule has 0 N–H and O–H groups in total. The molecule has 2 aromatic carbocycles. The number of nitrogens with zero attached hydrogens (tertiary/aromatic N) is 4. The van der Waals surface area contributed by atoms with E-state index in [1.807, 2.05) is 70.5 Å². The number of rotatable bonds is 5. The third-order valence-electron chi connectivity index (χ3n) is 6.24. The van der Waals surface area contributed by atoms with E-state index >= 15 is 0 Å². The number of amides is 2. The maximum atomic E-state index is 13.0. The van der Waals surface area contributed by atoms with E-state index < -0.39 is 0 Å². The number of anilines is 1. The molecule has 0 radical (unpaired) electrons. The van der Waals surface area contributed by atoms with Gasteiger partial charge in [-0.25, -0.2) is 0 Å². The second kappa shape index (κ2) is 9.40. The van der Waals surface area contributed by atoms with Crippen molar-refractivity contribution in [1.82, 2.24) is 15.0 Å². The minimum absolute atomic E-state index is 0.0713. The van der Waals surface area contributed by atoms with Crippen molar-refractivity contribution in [2.24, 2.45) is 0 Å². The zero-order valence-electron chi connectivity index (χ0n) is 18.4. The highest BCUT2D eigenvalue weighted by Gasteiger charge is 2.31. The quantitative estimate of drug-likeness (QED) is 0.538. The Bertz CT molecular complexity index is 1150. The van der Waals surface area contributed by atoms with Crippen LogP contribution in [0.5, 0.6) is 0 Å². The molecule has 168 valence electrons. The highest BCUT2D eigenvalue weighted by Crippen LogP contribution is 2.31. The van der Waals surface area contributed by atoms with E-state index in [9.17, 15) is 9.59 Å². The molecule has 0 saturated carbocycles. The van der Waals surface area contributed by atoms with Gasteiger partial charge in [-0.1, -0.05) is 47.6 Å². The number of hydrogen-bond acceptors (Lipinski definition) is 5. The molecule has 3 aromatic rings. The van der Waals surface area contributed by atoms with Crippen LogP contribution in [0.3, 0.4) is 0 Å². The van der Waals surface area contributed by atoms with Gasteiger partial charge in [0.25, 0.3) is 0 Å². The van der Waals surface area contributed by atoms with Gasteiger partial charge in [-0.2, -0.15) is 4.98 Å². The summed E-state index contributed by atoms with van der Waals surface area (Å²) in [5, 5.41) is 4.13. The minimum Gasteiger partial charge on any atom is -0.337 e. The fraction of sp³-hybridized carbons (Fsp3) is 0.308. The van der Waals surface area contributed by atoms with E-state index in [1.165, 1.54) is 0 Å². The molecule has 1 atom stereocenters. The predicted molar refractivity (Wildman–Crippen MR) is 125 cm³/mol. The summed E-state index contributed by atoms with van der Waals surface area (Å²) in [6, 6.07) is 17.2. The molecule has 7 heteroatoms. The number of aromatic nitrogens is 2. The number of piperidine rings is 1. The molecule has 0 aliphatic carbocycles. The first-order valence-corrected chi connectivity index (χ1v) is 11.5. The number of benzene rings is 2. The molecule has 2 aliphatic rings. The minimum atomic E-state index is -0.218. The van der Waals surface area contributed by atoms with Crippen LogP contribution in [-0.2, 0) is 9.59 Å². The Hall–Kier alpha value is -3.74. The molecule has 7 nitrogen and oxygen atoms in total. The van der Waals surface area contributed by atoms with Crippen LogP contribution in [0.25, 0.3) is 17.5 Å². The van der Waals surface area contributed by atoms with E-state index in [2.05, 4.69) is 10.1 Å². The Balaban J connectivity index is 1.28. The van der Waals surface area contributed by atoms with Gasteiger partial charge >= 0.3 is 0 Å². The summed E-state index contributed by atoms with van der Waals surface area (Å²) >= 11 is 0. The molecular weight excluding hydrogens is 416 g/mol. The number of hydrogen-bond donors (Lipinski definition) is 0. The number of carbonyl (C=O) groups excluding carboxylic acids is 2. The van der Waals surface area contributed by atoms with Crippen LogP contribution < -0.4 is 4.90 Å². The first-order chi connectivity index (χ1) is 16.2. The third-order valence-corrected chi connectivity index (χ3v) is 6.24. The van der Waals surface area contributed by atoms with Crippen molar-refractivity contribution in [2.45, 2.75) is 38.1 Å². The van der Waals surface area contributed by atoms with Crippen LogP contribution in [0.2, 0.25) is 0 Å². The summed E-state index contributed by atoms with van der Waals surface area (Å²) in [6.07, 6.45) is 7.69. The lowest BCUT2D eigenvalue weighted by atomic mass is 10.0. The van der Waals surface area contributed by atoms with Gasteiger partial charge < -0.3 is 14.3 Å². The average molecular weight is 443 g/mol. The van der Waals surface area contributed by atoms with E-state index in [0.717, 1.165) is 49.0 Å². The van der Waals surface area contributed by atoms with Crippen molar-refractivity contribution in [3.8, 4) is 11.4 Å². The van der Waals surface area contributed by atoms with Crippen molar-refractivity contribution in [3.05, 3.63) is 72.1 Å². The monoisotopic (exact) mass is 442 g/mol. The Morgan fingerprint density at radius 1 is 1.00 bits per heavy atom. The standard InChI is InChI=1S/C26H26N4O3/c31-23-10-6-18-29(23)21-14-11-19(12-15-21)13-16-24(32)30-17-5-4-9-22(30)26-27-25(28-33-26)20-7-2-1-3-8-20/h1-3,7-8,11-16,22H,4-6,9-10,17-18H2/b16-13-/t22-/m1/s1. The molecule has 0 spiro atoms. The Labute approximate surface area is 192 Å². The van der Waals surface area contributed by atoms with Gasteiger partial charge in [0, 0.05) is 36.8 Å². The second-order valence-corrected chi connectivity index (χ2v) is 8.44. The maximum absolute atomic E-state index is 13.0. The van der Waals surface area contributed by atoms with E-state index in [-0.39, 0.29) is 17.9 Å². The van der Waals surface area contributed by atoms with Crippen LogP contribution in [-0.4, -0.2) is 39.9 Å². The van der Waals surface area contributed by atoms with Gasteiger partial charge in [-0.05, 0) is 49.5 Å². The van der Waals surface area contributed by atoms with E-state index in [1.54, 1.807) is 6.08 Å². The molecule has 3 heterocycles. The number of likely N-dealkylation sites (tertiary alicyclic amines) is 1. The van der Waals surface area contributed by atoms with Crippen molar-refractivity contribution >= 4 is 23.6 Å². The predicted octanol–water partition coefficient (Wildman–Crippen LogP) is 4.63. The van der Waals surface area contributed by atoms with Crippen LogP contribution in [0.4, 0.5) is 5.69 Å². The topological polar surface area (TPSA) is 79.5 Å². The first-order valence-electron chi connectivity index (χ1n) is 11.5. The Morgan fingerprint density at radius 3 is 2.58 bits per heavy atom. The lowest BCUT2D eigenvalue weighted by Crippen LogP contribution is -2.37. The lowest BCUT2D eigenvalue weighted by Gasteiger charge is -2.32. The lowest BCUT2D eigenvalue weighted by molar-refractivity contribution is -0.130. The van der Waals surface area contributed by atoms with Gasteiger partial charge in [-0.15, -0.1) is 0 Å². The summed E-state index contributed by atoms with van der Waals surface area (Å²) < 4.78 is 5.56. The Kier molecular flexibility index (Phi) is 6.02.